The molecule has 0 heterocycles. The summed E-state index contributed by atoms with van der Waals surface area (Å²) in [5.74, 6) is -0.579. The molecule has 8 heavy (non-hydrogen) atoms. The zero-order valence-electron chi connectivity index (χ0n) is 6.72. The minimum absolute atomic E-state index is 0. The fourth-order valence-corrected chi connectivity index (χ4v) is 0.0678. The van der Waals surface area contributed by atoms with Crippen LogP contribution in [0.15, 0.2) is 0 Å². The molecular formula is C3H9NO3Sr. The third-order valence-corrected chi connectivity index (χ3v) is 0.214. The largest absolute Gasteiger partial charge is 2.00 e. The predicted molar refractivity (Wildman–Crippen MR) is 30.8 cm³/mol. The number of carbonyl (C=O) groups is 2. The van der Waals surface area contributed by atoms with Crippen molar-refractivity contribution in [2.24, 2.45) is 0 Å². The van der Waals surface area contributed by atoms with E-state index in [2.05, 4.69) is 4.74 Å². The fourth-order valence-electron chi connectivity index (χ4n) is 0.0678. The van der Waals surface area contributed by atoms with Crippen LogP contribution in [0.4, 0.5) is 0 Å². The number of hydrogen-bond acceptors (Lipinski definition) is 4. The van der Waals surface area contributed by atoms with Crippen LogP contribution in [0.25, 0.3) is 0 Å². The first-order valence-electron chi connectivity index (χ1n) is 1.38. The van der Waals surface area contributed by atoms with Crippen molar-refractivity contribution in [1.29, 1.82) is 0 Å². The first-order valence-corrected chi connectivity index (χ1v) is 1.38. The van der Waals surface area contributed by atoms with Crippen molar-refractivity contribution in [3.63, 3.8) is 0 Å². The Bertz CT molecular complexity index is 82.1. The van der Waals surface area contributed by atoms with Crippen molar-refractivity contribution in [3.05, 3.63) is 0 Å². The Labute approximate surface area is 87.4 Å². The van der Waals surface area contributed by atoms with Crippen LogP contribution in [-0.2, 0) is 14.3 Å². The van der Waals surface area contributed by atoms with Crippen LogP contribution in [0.1, 0.15) is 9.78 Å². The van der Waals surface area contributed by atoms with Crippen LogP contribution in [0, 0.1) is 0 Å². The van der Waals surface area contributed by atoms with Crippen LogP contribution < -0.4 is 6.15 Å². The van der Waals surface area contributed by atoms with E-state index in [1.165, 1.54) is 0 Å². The Hall–Kier alpha value is 0.581. The molecule has 0 amide bonds. The normalized spacial score (nSPS) is 5.12. The van der Waals surface area contributed by atoms with Gasteiger partial charge in [0.15, 0.2) is 0 Å². The van der Waals surface area contributed by atoms with E-state index in [4.69, 9.17) is 0 Å². The summed E-state index contributed by atoms with van der Waals surface area (Å²) in [6.07, 6.45) is 0. The molecule has 46 valence electrons. The van der Waals surface area contributed by atoms with E-state index in [1.807, 2.05) is 0 Å². The summed E-state index contributed by atoms with van der Waals surface area (Å²) >= 11 is 0. The molecule has 3 N–H and O–H groups in total. The average Bonchev–Trinajstić information content (AvgIpc) is 1.35. The Morgan fingerprint density at radius 3 is 2.12 bits per heavy atom. The second-order valence-electron chi connectivity index (χ2n) is 0.706. The van der Waals surface area contributed by atoms with Crippen molar-refractivity contribution < 1.29 is 17.2 Å². The third kappa shape index (κ3) is 16.0. The van der Waals surface area contributed by atoms with Gasteiger partial charge in [-0.1, -0.05) is 0 Å². The van der Waals surface area contributed by atoms with Crippen molar-refractivity contribution in [3.8, 4) is 0 Å². The molecule has 0 bridgehead atoms. The van der Waals surface area contributed by atoms with Gasteiger partial charge in [0.25, 0.3) is 0 Å². The summed E-state index contributed by atoms with van der Waals surface area (Å²) in [7, 11) is 0. The van der Waals surface area contributed by atoms with Crippen molar-refractivity contribution >= 4 is 57.9 Å². The Balaban J connectivity index is -0.0000000208. The van der Waals surface area contributed by atoms with Crippen LogP contribution in [0.2, 0.25) is 0 Å². The molecule has 0 radical (unpaired) electrons. The number of ether oxygens (including phenoxy) is 1. The maximum atomic E-state index is 9.59. The number of esters is 1. The molecule has 0 rings (SSSR count). The van der Waals surface area contributed by atoms with Crippen LogP contribution in [0.3, 0.4) is 0 Å². The van der Waals surface area contributed by atoms with Gasteiger partial charge in [-0.25, -0.2) is 0 Å². The molecule has 4 nitrogen and oxygen atoms in total. The monoisotopic (exact) mass is 195 g/mol. The summed E-state index contributed by atoms with van der Waals surface area (Å²) in [5, 5.41) is 0. The Kier molecular flexibility index (Phi) is 20.9. The van der Waals surface area contributed by atoms with Gasteiger partial charge in [-0.3, -0.25) is 9.59 Å². The van der Waals surface area contributed by atoms with Gasteiger partial charge >= 0.3 is 57.9 Å². The second kappa shape index (κ2) is 10.5. The fraction of sp³-hybridized carbons (Fsp3) is 0.333. The van der Waals surface area contributed by atoms with E-state index in [1.54, 1.807) is 0 Å². The minimum Gasteiger partial charge on any atom is -1.00 e. The van der Waals surface area contributed by atoms with Crippen LogP contribution in [-0.4, -0.2) is 57.9 Å². The molecule has 5 heteroatoms. The predicted octanol–water partition coefficient (Wildman–Crippen LogP) is -0.288. The zero-order chi connectivity index (χ0) is 4.99. The molecule has 0 aliphatic carbocycles. The summed E-state index contributed by atoms with van der Waals surface area (Å²) in [4.78, 5) is 18.8. The Morgan fingerprint density at radius 1 is 1.75 bits per heavy atom. The maximum absolute atomic E-state index is 9.59. The molecule has 0 aromatic rings. The van der Waals surface area contributed by atoms with Gasteiger partial charge in [0.2, 0.25) is 0 Å². The van der Waals surface area contributed by atoms with Gasteiger partial charge in [-0.2, -0.15) is 0 Å². The van der Waals surface area contributed by atoms with Crippen molar-refractivity contribution in [2.75, 3.05) is 0 Å². The van der Waals surface area contributed by atoms with Crippen molar-refractivity contribution in [1.82, 2.24) is 6.15 Å². The molecule has 0 saturated carbocycles. The second-order valence-corrected chi connectivity index (χ2v) is 0.706. The van der Waals surface area contributed by atoms with Gasteiger partial charge in [-0.05, 0) is 0 Å². The van der Waals surface area contributed by atoms with Gasteiger partial charge in [-0.15, -0.1) is 0 Å². The average molecular weight is 195 g/mol. The summed E-state index contributed by atoms with van der Waals surface area (Å²) in [6, 6.07) is 0. The molecule has 0 aliphatic heterocycles. The van der Waals surface area contributed by atoms with Crippen LogP contribution in [0.5, 0.6) is 0 Å². The standard InChI is InChI=1S/C3H4O3.H3N.Sr.2H/c1-3(5)6-2-4;;;;/h2H,1H3;1H3;;;/q;;+2;2*-1. The smallest absolute Gasteiger partial charge is 1.00 e. The summed E-state index contributed by atoms with van der Waals surface area (Å²) < 4.78 is 3.72. The SMILES string of the molecule is CC(=O)OC=O.N.[H-].[H-].[Sr+2]. The molecule has 0 aliphatic rings. The summed E-state index contributed by atoms with van der Waals surface area (Å²) in [5.41, 5.74) is 0. The first kappa shape index (κ1) is 15.8. The molecule has 0 fully saturated rings. The van der Waals surface area contributed by atoms with E-state index in [0.717, 1.165) is 6.92 Å². The molecule has 0 spiro atoms. The number of hydrogen-bond donors (Lipinski definition) is 1. The third-order valence-electron chi connectivity index (χ3n) is 0.214. The number of rotatable bonds is 1. The van der Waals surface area contributed by atoms with Crippen LogP contribution >= 0.6 is 0 Å². The molecular weight excluding hydrogens is 186 g/mol. The van der Waals surface area contributed by atoms with Gasteiger partial charge in [0, 0.05) is 6.92 Å². The zero-order valence-corrected chi connectivity index (χ0v) is 8.19. The van der Waals surface area contributed by atoms with E-state index in [9.17, 15) is 9.59 Å². The minimum atomic E-state index is -0.579. The molecule has 0 saturated heterocycles. The Morgan fingerprint density at radius 2 is 2.12 bits per heavy atom. The van der Waals surface area contributed by atoms with E-state index in [-0.39, 0.29) is 61.0 Å². The topological polar surface area (TPSA) is 78.4 Å². The molecule has 0 atom stereocenters. The molecule has 0 unspecified atom stereocenters. The maximum Gasteiger partial charge on any atom is 2.00 e. The first-order chi connectivity index (χ1) is 2.77. The van der Waals surface area contributed by atoms with Gasteiger partial charge in [0.05, 0.1) is 0 Å². The molecule has 0 aromatic carbocycles. The number of carbonyl (C=O) groups excluding carboxylic acids is 2. The van der Waals surface area contributed by atoms with Gasteiger partial charge in [0.1, 0.15) is 0 Å². The molecule has 0 aromatic heterocycles. The van der Waals surface area contributed by atoms with E-state index < -0.39 is 5.97 Å². The quantitative estimate of drug-likeness (QED) is 0.269. The van der Waals surface area contributed by atoms with Gasteiger partial charge < -0.3 is 13.7 Å². The van der Waals surface area contributed by atoms with E-state index in [0.29, 0.717) is 0 Å². The van der Waals surface area contributed by atoms with Crippen molar-refractivity contribution in [2.45, 2.75) is 6.92 Å². The summed E-state index contributed by atoms with van der Waals surface area (Å²) in [6.45, 7) is 1.26. The van der Waals surface area contributed by atoms with E-state index >= 15 is 0 Å².